The first-order chi connectivity index (χ1) is 14.1. The lowest BCUT2D eigenvalue weighted by molar-refractivity contribution is -0.111. The topological polar surface area (TPSA) is 60.7 Å². The van der Waals surface area contributed by atoms with Crippen LogP contribution >= 0.6 is 0 Å². The van der Waals surface area contributed by atoms with Crippen molar-refractivity contribution in [2.75, 3.05) is 13.9 Å². The standard InChI is InChI=1S/C24H37NO4Si/c1-18-14-22(28-17-27-16-19-8-10-20(26-5)11-9-19)21(12-13-25)23(15-18)29-30(6,7)24(2,3)4/h8-11,14,21-23H,12,15-17H2,1-7H3/t21-,22-,23-/m1/s1. The van der Waals surface area contributed by atoms with Gasteiger partial charge in [-0.2, -0.15) is 5.26 Å². The van der Waals surface area contributed by atoms with Crippen molar-refractivity contribution in [3.05, 3.63) is 41.5 Å². The quantitative estimate of drug-likeness (QED) is 0.213. The zero-order chi connectivity index (χ0) is 22.4. The summed E-state index contributed by atoms with van der Waals surface area (Å²) in [6.07, 6.45) is 3.22. The largest absolute Gasteiger partial charge is 0.497 e. The van der Waals surface area contributed by atoms with Gasteiger partial charge in [-0.3, -0.25) is 0 Å². The van der Waals surface area contributed by atoms with Gasteiger partial charge in [-0.25, -0.2) is 0 Å². The van der Waals surface area contributed by atoms with Gasteiger partial charge in [0, 0.05) is 12.3 Å². The Kier molecular flexibility index (Phi) is 8.69. The fourth-order valence-corrected chi connectivity index (χ4v) is 4.74. The summed E-state index contributed by atoms with van der Waals surface area (Å²) in [5.41, 5.74) is 2.30. The van der Waals surface area contributed by atoms with Crippen LogP contribution in [0.1, 0.15) is 46.1 Å². The van der Waals surface area contributed by atoms with Crippen molar-refractivity contribution in [2.45, 2.75) is 77.5 Å². The van der Waals surface area contributed by atoms with Crippen molar-refractivity contribution in [1.29, 1.82) is 5.26 Å². The number of nitriles is 1. The van der Waals surface area contributed by atoms with Crippen LogP contribution in [-0.4, -0.2) is 34.4 Å². The molecule has 1 aliphatic carbocycles. The van der Waals surface area contributed by atoms with Crippen molar-refractivity contribution in [3.63, 3.8) is 0 Å². The molecule has 1 aromatic rings. The van der Waals surface area contributed by atoms with E-state index < -0.39 is 8.32 Å². The second-order valence-corrected chi connectivity index (χ2v) is 14.4. The van der Waals surface area contributed by atoms with Gasteiger partial charge in [-0.15, -0.1) is 0 Å². The Morgan fingerprint density at radius 1 is 1.17 bits per heavy atom. The summed E-state index contributed by atoms with van der Waals surface area (Å²) >= 11 is 0. The maximum Gasteiger partial charge on any atom is 0.192 e. The van der Waals surface area contributed by atoms with Crippen molar-refractivity contribution >= 4 is 8.32 Å². The lowest BCUT2D eigenvalue weighted by Crippen LogP contribution is -2.49. The van der Waals surface area contributed by atoms with Crippen molar-refractivity contribution in [3.8, 4) is 11.8 Å². The van der Waals surface area contributed by atoms with Crippen LogP contribution in [0.2, 0.25) is 18.1 Å². The van der Waals surface area contributed by atoms with E-state index >= 15 is 0 Å². The molecule has 0 bridgehead atoms. The highest BCUT2D eigenvalue weighted by atomic mass is 28.4. The Bertz CT molecular complexity index is 746. The molecule has 3 atom stereocenters. The van der Waals surface area contributed by atoms with E-state index in [1.165, 1.54) is 5.57 Å². The van der Waals surface area contributed by atoms with Gasteiger partial charge >= 0.3 is 0 Å². The molecule has 1 aliphatic rings. The predicted octanol–water partition coefficient (Wildman–Crippen LogP) is 5.82. The van der Waals surface area contributed by atoms with Crippen molar-refractivity contribution < 1.29 is 18.6 Å². The van der Waals surface area contributed by atoms with Gasteiger partial charge in [-0.05, 0) is 49.2 Å². The fourth-order valence-electron chi connectivity index (χ4n) is 3.37. The lowest BCUT2D eigenvalue weighted by Gasteiger charge is -2.44. The van der Waals surface area contributed by atoms with Gasteiger partial charge in [0.05, 0.1) is 32.0 Å². The molecule has 0 aliphatic heterocycles. The number of nitrogens with zero attached hydrogens (tertiary/aromatic N) is 1. The monoisotopic (exact) mass is 431 g/mol. The smallest absolute Gasteiger partial charge is 0.192 e. The highest BCUT2D eigenvalue weighted by molar-refractivity contribution is 6.74. The molecule has 0 heterocycles. The maximum absolute atomic E-state index is 9.43. The van der Waals surface area contributed by atoms with E-state index in [0.717, 1.165) is 17.7 Å². The minimum Gasteiger partial charge on any atom is -0.497 e. The summed E-state index contributed by atoms with van der Waals surface area (Å²) in [5, 5.41) is 9.55. The summed E-state index contributed by atoms with van der Waals surface area (Å²) in [4.78, 5) is 0. The van der Waals surface area contributed by atoms with E-state index in [4.69, 9.17) is 18.6 Å². The Morgan fingerprint density at radius 3 is 2.40 bits per heavy atom. The molecular weight excluding hydrogens is 394 g/mol. The van der Waals surface area contributed by atoms with E-state index in [1.807, 2.05) is 24.3 Å². The predicted molar refractivity (Wildman–Crippen MR) is 122 cm³/mol. The average molecular weight is 432 g/mol. The SMILES string of the molecule is COc1ccc(COCO[C@@H]2C=C(C)C[C@@H](O[Si](C)(C)C(C)(C)C)[C@@H]2CC#N)cc1. The molecule has 0 saturated carbocycles. The number of hydrogen-bond acceptors (Lipinski definition) is 5. The molecule has 0 saturated heterocycles. The maximum atomic E-state index is 9.43. The first-order valence-corrected chi connectivity index (χ1v) is 13.5. The van der Waals surface area contributed by atoms with Gasteiger partial charge in [0.2, 0.25) is 0 Å². The molecule has 2 rings (SSSR count). The molecule has 6 heteroatoms. The Labute approximate surface area is 183 Å². The highest BCUT2D eigenvalue weighted by Gasteiger charge is 2.43. The second kappa shape index (κ2) is 10.6. The number of methoxy groups -OCH3 is 1. The Hall–Kier alpha value is -1.65. The third-order valence-electron chi connectivity index (χ3n) is 6.22. The summed E-state index contributed by atoms with van der Waals surface area (Å²) in [6.45, 7) is 14.0. The molecular formula is C24H37NO4Si. The fraction of sp³-hybridized carbons (Fsp3) is 0.625. The van der Waals surface area contributed by atoms with Gasteiger partial charge in [-0.1, -0.05) is 44.6 Å². The van der Waals surface area contributed by atoms with Crippen LogP contribution < -0.4 is 4.74 Å². The van der Waals surface area contributed by atoms with Crippen LogP contribution in [0.15, 0.2) is 35.9 Å². The molecule has 5 nitrogen and oxygen atoms in total. The van der Waals surface area contributed by atoms with Crippen LogP contribution in [0.5, 0.6) is 5.75 Å². The molecule has 0 N–H and O–H groups in total. The van der Waals surface area contributed by atoms with Crippen LogP contribution in [-0.2, 0) is 20.5 Å². The summed E-state index contributed by atoms with van der Waals surface area (Å²) in [5.74, 6) is 0.836. The van der Waals surface area contributed by atoms with Crippen LogP contribution in [0, 0.1) is 17.2 Å². The number of hydrogen-bond donors (Lipinski definition) is 0. The molecule has 1 aromatic carbocycles. The van der Waals surface area contributed by atoms with Gasteiger partial charge in [0.1, 0.15) is 12.5 Å². The molecule has 0 unspecified atom stereocenters. The number of benzene rings is 1. The van der Waals surface area contributed by atoms with E-state index in [9.17, 15) is 5.26 Å². The van der Waals surface area contributed by atoms with Crippen molar-refractivity contribution in [2.24, 2.45) is 5.92 Å². The van der Waals surface area contributed by atoms with Gasteiger partial charge in [0.15, 0.2) is 8.32 Å². The summed E-state index contributed by atoms with van der Waals surface area (Å²) < 4.78 is 23.7. The first kappa shape index (κ1) is 24.6. The van der Waals surface area contributed by atoms with Crippen LogP contribution in [0.3, 0.4) is 0 Å². The molecule has 0 radical (unpaired) electrons. The lowest BCUT2D eigenvalue weighted by atomic mass is 9.83. The number of ether oxygens (including phenoxy) is 3. The third kappa shape index (κ3) is 6.68. The average Bonchev–Trinajstić information content (AvgIpc) is 2.67. The minimum atomic E-state index is -1.95. The van der Waals surface area contributed by atoms with Gasteiger partial charge < -0.3 is 18.6 Å². The van der Waals surface area contributed by atoms with E-state index in [-0.39, 0.29) is 30.0 Å². The summed E-state index contributed by atoms with van der Waals surface area (Å²) in [7, 11) is -0.295. The van der Waals surface area contributed by atoms with E-state index in [1.54, 1.807) is 7.11 Å². The molecule has 0 spiro atoms. The first-order valence-electron chi connectivity index (χ1n) is 10.6. The van der Waals surface area contributed by atoms with Gasteiger partial charge in [0.25, 0.3) is 0 Å². The molecule has 0 fully saturated rings. The van der Waals surface area contributed by atoms with Crippen LogP contribution in [0.25, 0.3) is 0 Å². The minimum absolute atomic E-state index is 0.00197. The van der Waals surface area contributed by atoms with E-state index in [2.05, 4.69) is 52.9 Å². The number of rotatable bonds is 9. The normalized spacial score (nSPS) is 22.3. The van der Waals surface area contributed by atoms with Crippen molar-refractivity contribution in [1.82, 2.24) is 0 Å². The van der Waals surface area contributed by atoms with E-state index in [0.29, 0.717) is 13.0 Å². The third-order valence-corrected chi connectivity index (χ3v) is 10.7. The second-order valence-electron chi connectivity index (χ2n) is 9.61. The molecule has 166 valence electrons. The Balaban J connectivity index is 1.98. The molecule has 30 heavy (non-hydrogen) atoms. The zero-order valence-electron chi connectivity index (χ0n) is 19.5. The molecule has 0 amide bonds. The highest BCUT2D eigenvalue weighted by Crippen LogP contribution is 2.41. The molecule has 0 aromatic heterocycles. The zero-order valence-corrected chi connectivity index (χ0v) is 20.5. The Morgan fingerprint density at radius 2 is 1.83 bits per heavy atom. The van der Waals surface area contributed by atoms with Crippen LogP contribution in [0.4, 0.5) is 0 Å². The summed E-state index contributed by atoms with van der Waals surface area (Å²) in [6, 6.07) is 10.1.